The van der Waals surface area contributed by atoms with E-state index in [0.29, 0.717) is 6.04 Å². The van der Waals surface area contributed by atoms with E-state index in [0.717, 1.165) is 5.69 Å². The number of alkyl halides is 1. The summed E-state index contributed by atoms with van der Waals surface area (Å²) in [7, 11) is -1.00. The van der Waals surface area contributed by atoms with Crippen molar-refractivity contribution in [3.05, 3.63) is 119 Å². The van der Waals surface area contributed by atoms with Crippen LogP contribution in [0, 0.1) is 27.7 Å². The molecule has 0 unspecified atom stereocenters. The molecule has 0 bridgehead atoms. The SMILES string of the molecule is Cc1ccc(N(c2ccccc2)C(C)C)c(C)c1.Cc1ccc(Nc2ccccc2)c(C)c1.[2H]CF. The molecule has 3 heteroatoms. The van der Waals surface area contributed by atoms with Crippen LogP contribution in [0.25, 0.3) is 0 Å². The lowest BCUT2D eigenvalue weighted by molar-refractivity contribution is 0.636. The smallest absolute Gasteiger partial charge is 0.0785 e. The number of rotatable bonds is 5. The lowest BCUT2D eigenvalue weighted by atomic mass is 10.1. The third kappa shape index (κ3) is 8.29. The van der Waals surface area contributed by atoms with E-state index in [2.05, 4.69) is 131 Å². The first-order chi connectivity index (χ1) is 17.3. The molecule has 35 heavy (non-hydrogen) atoms. The molecule has 0 aromatic heterocycles. The van der Waals surface area contributed by atoms with Crippen LogP contribution < -0.4 is 10.2 Å². The summed E-state index contributed by atoms with van der Waals surface area (Å²) in [4.78, 5) is 2.38. The van der Waals surface area contributed by atoms with Crippen LogP contribution in [0.3, 0.4) is 0 Å². The zero-order valence-corrected chi connectivity index (χ0v) is 21.8. The lowest BCUT2D eigenvalue weighted by Crippen LogP contribution is -2.26. The number of aryl methyl sites for hydroxylation is 4. The van der Waals surface area contributed by atoms with Gasteiger partial charge in [0.2, 0.25) is 0 Å². The van der Waals surface area contributed by atoms with Gasteiger partial charge >= 0.3 is 0 Å². The fourth-order valence-electron chi connectivity index (χ4n) is 4.01. The standard InChI is InChI=1S/C17H21N.C14H15N.CH3F/c1-13(2)18(16-8-6-5-7-9-16)17-11-10-14(3)12-15(17)4;1-11-8-9-14(12(2)10-11)15-13-6-4-3-5-7-13;1-2/h5-13H,1-4H3;3-10,15H,1-2H3;1H3/i;;1D. The van der Waals surface area contributed by atoms with Gasteiger partial charge in [-0.15, -0.1) is 0 Å². The molecule has 0 heterocycles. The van der Waals surface area contributed by atoms with E-state index in [1.54, 1.807) is 0 Å². The molecule has 4 rings (SSSR count). The third-order valence-corrected chi connectivity index (χ3v) is 5.60. The fourth-order valence-corrected chi connectivity index (χ4v) is 4.01. The van der Waals surface area contributed by atoms with Crippen LogP contribution in [0.2, 0.25) is 0 Å². The first-order valence-electron chi connectivity index (χ1n) is 12.6. The largest absolute Gasteiger partial charge is 0.355 e. The molecule has 4 aromatic rings. The highest BCUT2D eigenvalue weighted by atomic mass is 19.1. The number of benzene rings is 4. The first kappa shape index (κ1) is 26.0. The topological polar surface area (TPSA) is 15.3 Å². The molecule has 0 spiro atoms. The molecule has 0 aliphatic heterocycles. The van der Waals surface area contributed by atoms with E-state index in [9.17, 15) is 4.39 Å². The summed E-state index contributed by atoms with van der Waals surface area (Å²) in [6, 6.07) is 34.3. The normalized spacial score (nSPS) is 10.3. The van der Waals surface area contributed by atoms with Crippen LogP contribution >= 0.6 is 0 Å². The third-order valence-electron chi connectivity index (χ3n) is 5.60. The minimum atomic E-state index is -1.00. The molecular formula is C32H39FN2. The minimum absolute atomic E-state index is 0.439. The van der Waals surface area contributed by atoms with Crippen molar-refractivity contribution in [3.63, 3.8) is 0 Å². The molecule has 0 aliphatic rings. The second kappa shape index (κ2) is 14.0. The number of nitrogens with zero attached hydrogens (tertiary/aromatic N) is 1. The van der Waals surface area contributed by atoms with Crippen LogP contribution in [0.4, 0.5) is 27.1 Å². The van der Waals surface area contributed by atoms with Crippen molar-refractivity contribution in [2.24, 2.45) is 0 Å². The van der Waals surface area contributed by atoms with Crippen molar-refractivity contribution in [2.75, 3.05) is 17.4 Å². The Morgan fingerprint density at radius 2 is 1.23 bits per heavy atom. The molecule has 0 atom stereocenters. The molecule has 2 nitrogen and oxygen atoms in total. The Morgan fingerprint density at radius 3 is 1.74 bits per heavy atom. The molecule has 0 radical (unpaired) electrons. The van der Waals surface area contributed by atoms with E-state index < -0.39 is 7.15 Å². The number of anilines is 4. The Morgan fingerprint density at radius 1 is 0.714 bits per heavy atom. The maximum Gasteiger partial charge on any atom is 0.0785 e. The molecule has 0 saturated carbocycles. The lowest BCUT2D eigenvalue weighted by Gasteiger charge is -2.30. The molecule has 1 N–H and O–H groups in total. The zero-order valence-electron chi connectivity index (χ0n) is 22.8. The van der Waals surface area contributed by atoms with Crippen LogP contribution in [0.1, 0.15) is 37.5 Å². The molecule has 184 valence electrons. The van der Waals surface area contributed by atoms with E-state index in [1.807, 2.05) is 18.2 Å². The van der Waals surface area contributed by atoms with Gasteiger partial charge in [0, 0.05) is 28.8 Å². The van der Waals surface area contributed by atoms with Gasteiger partial charge in [0.25, 0.3) is 0 Å². The summed E-state index contributed by atoms with van der Waals surface area (Å²) < 4.78 is 15.5. The van der Waals surface area contributed by atoms with Gasteiger partial charge in [-0.25, -0.2) is 0 Å². The van der Waals surface area contributed by atoms with Gasteiger partial charge in [0.15, 0.2) is 0 Å². The number of nitrogens with one attached hydrogen (secondary N) is 1. The summed E-state index contributed by atoms with van der Waals surface area (Å²) >= 11 is 0. The van der Waals surface area contributed by atoms with Gasteiger partial charge < -0.3 is 10.2 Å². The first-order valence-corrected chi connectivity index (χ1v) is 11.9. The van der Waals surface area contributed by atoms with Gasteiger partial charge in [-0.05, 0) is 89.1 Å². The van der Waals surface area contributed by atoms with Crippen LogP contribution in [0.15, 0.2) is 97.1 Å². The van der Waals surface area contributed by atoms with Crippen molar-refractivity contribution in [2.45, 2.75) is 47.6 Å². The Balaban J connectivity index is 0.000000232. The van der Waals surface area contributed by atoms with Crippen molar-refractivity contribution in [1.82, 2.24) is 0 Å². The van der Waals surface area contributed by atoms with Crippen LogP contribution in [-0.2, 0) is 0 Å². The van der Waals surface area contributed by atoms with E-state index in [-0.39, 0.29) is 0 Å². The van der Waals surface area contributed by atoms with Gasteiger partial charge in [0.05, 0.1) is 8.52 Å². The number of halogens is 1. The van der Waals surface area contributed by atoms with Crippen molar-refractivity contribution < 1.29 is 5.76 Å². The number of hydrogen-bond donors (Lipinski definition) is 1. The van der Waals surface area contributed by atoms with E-state index >= 15 is 0 Å². The number of para-hydroxylation sites is 2. The monoisotopic (exact) mass is 471 g/mol. The summed E-state index contributed by atoms with van der Waals surface area (Å²) in [5, 5.41) is 3.40. The van der Waals surface area contributed by atoms with Gasteiger partial charge in [-0.3, -0.25) is 4.39 Å². The summed E-state index contributed by atoms with van der Waals surface area (Å²) in [6.45, 7) is 13.0. The van der Waals surface area contributed by atoms with Crippen molar-refractivity contribution >= 4 is 22.7 Å². The van der Waals surface area contributed by atoms with Gasteiger partial charge in [0.1, 0.15) is 0 Å². The maximum absolute atomic E-state index is 9.96. The Labute approximate surface area is 212 Å². The molecule has 4 aromatic carbocycles. The van der Waals surface area contributed by atoms with Crippen molar-refractivity contribution in [3.8, 4) is 0 Å². The predicted octanol–water partition coefficient (Wildman–Crippen LogP) is 9.48. The average Bonchev–Trinajstić information content (AvgIpc) is 2.85. The highest BCUT2D eigenvalue weighted by Crippen LogP contribution is 2.30. The molecule has 0 saturated heterocycles. The van der Waals surface area contributed by atoms with Gasteiger partial charge in [-0.2, -0.15) is 0 Å². The predicted molar refractivity (Wildman–Crippen MR) is 152 cm³/mol. The average molecular weight is 472 g/mol. The molecular weight excluding hydrogens is 431 g/mol. The highest BCUT2D eigenvalue weighted by Gasteiger charge is 2.14. The summed E-state index contributed by atoms with van der Waals surface area (Å²) in [5.74, 6) is 0. The second-order valence-corrected chi connectivity index (χ2v) is 8.90. The summed E-state index contributed by atoms with van der Waals surface area (Å²) in [6.07, 6.45) is 0. The maximum atomic E-state index is 9.96. The molecule has 0 amide bonds. The summed E-state index contributed by atoms with van der Waals surface area (Å²) in [5.41, 5.74) is 10.1. The van der Waals surface area contributed by atoms with Gasteiger partial charge in [-0.1, -0.05) is 71.8 Å². The Bertz CT molecular complexity index is 1180. The van der Waals surface area contributed by atoms with E-state index in [1.165, 1.54) is 39.3 Å². The number of hydrogen-bond acceptors (Lipinski definition) is 2. The van der Waals surface area contributed by atoms with Crippen LogP contribution in [0.5, 0.6) is 0 Å². The molecule has 0 aliphatic carbocycles. The Kier molecular flexibility index (Phi) is 10.4. The van der Waals surface area contributed by atoms with E-state index in [4.69, 9.17) is 1.37 Å². The quantitative estimate of drug-likeness (QED) is 0.312. The Hall–Kier alpha value is -3.59. The second-order valence-electron chi connectivity index (χ2n) is 8.90. The minimum Gasteiger partial charge on any atom is -0.355 e. The van der Waals surface area contributed by atoms with Crippen LogP contribution in [-0.4, -0.2) is 13.2 Å². The highest BCUT2D eigenvalue weighted by molar-refractivity contribution is 5.67. The fraction of sp³-hybridized carbons (Fsp3) is 0.250. The molecule has 0 fully saturated rings. The van der Waals surface area contributed by atoms with Crippen molar-refractivity contribution in [1.29, 1.82) is 0 Å². The zero-order chi connectivity index (χ0) is 26.5.